The molecule has 4 N–H and O–H groups in total. The summed E-state index contributed by atoms with van der Waals surface area (Å²) in [5, 5.41) is 41.8. The molecule has 6 heteroatoms. The van der Waals surface area contributed by atoms with Crippen molar-refractivity contribution in [2.24, 2.45) is 34.0 Å². The Labute approximate surface area is 152 Å². The van der Waals surface area contributed by atoms with E-state index >= 15 is 0 Å². The molecule has 4 rings (SSSR count). The van der Waals surface area contributed by atoms with Crippen LogP contribution in [0, 0.1) is 34.0 Å². The zero-order valence-corrected chi connectivity index (χ0v) is 15.4. The third-order valence-corrected chi connectivity index (χ3v) is 8.84. The molecule has 4 aliphatic rings. The van der Waals surface area contributed by atoms with Gasteiger partial charge in [-0.3, -0.25) is 9.59 Å². The van der Waals surface area contributed by atoms with Crippen molar-refractivity contribution in [2.75, 3.05) is 0 Å². The van der Waals surface area contributed by atoms with E-state index in [1.165, 1.54) is 6.92 Å². The largest absolute Gasteiger partial charge is 0.481 e. The first-order valence-electron chi connectivity index (χ1n) is 9.48. The molecule has 0 radical (unpaired) electrons. The molecule has 4 aliphatic carbocycles. The number of carboxylic acids is 2. The highest BCUT2D eigenvalue weighted by Crippen LogP contribution is 2.78. The normalized spacial score (nSPS) is 55.3. The van der Waals surface area contributed by atoms with Gasteiger partial charge in [-0.05, 0) is 73.7 Å². The van der Waals surface area contributed by atoms with Gasteiger partial charge in [-0.25, -0.2) is 0 Å². The second-order valence-corrected chi connectivity index (χ2v) is 9.75. The number of aliphatic carboxylic acids is 2. The van der Waals surface area contributed by atoms with Crippen LogP contribution in [-0.2, 0) is 9.59 Å². The summed E-state index contributed by atoms with van der Waals surface area (Å²) >= 11 is 0. The molecule has 2 bridgehead atoms. The van der Waals surface area contributed by atoms with Crippen molar-refractivity contribution in [1.29, 1.82) is 0 Å². The minimum absolute atomic E-state index is 0.0202. The number of fused-ring (bicyclic) bond motifs is 3. The smallest absolute Gasteiger partial charge is 0.312 e. The van der Waals surface area contributed by atoms with Gasteiger partial charge < -0.3 is 20.4 Å². The second-order valence-electron chi connectivity index (χ2n) is 9.75. The predicted octanol–water partition coefficient (Wildman–Crippen LogP) is 2.05. The maximum absolute atomic E-state index is 12.5. The molecule has 1 spiro atoms. The maximum atomic E-state index is 12.5. The van der Waals surface area contributed by atoms with Crippen LogP contribution in [0.1, 0.15) is 52.4 Å². The third-order valence-electron chi connectivity index (χ3n) is 8.84. The van der Waals surface area contributed by atoms with Crippen molar-refractivity contribution in [1.82, 2.24) is 0 Å². The molecule has 26 heavy (non-hydrogen) atoms. The van der Waals surface area contributed by atoms with Gasteiger partial charge in [0.05, 0.1) is 23.0 Å². The van der Waals surface area contributed by atoms with Crippen LogP contribution in [0.2, 0.25) is 0 Å². The summed E-state index contributed by atoms with van der Waals surface area (Å²) in [4.78, 5) is 24.7. The van der Waals surface area contributed by atoms with Crippen LogP contribution in [0.5, 0.6) is 0 Å². The van der Waals surface area contributed by atoms with Crippen LogP contribution >= 0.6 is 0 Å². The van der Waals surface area contributed by atoms with Crippen LogP contribution in [0.15, 0.2) is 12.2 Å². The summed E-state index contributed by atoms with van der Waals surface area (Å²) in [7, 11) is 0. The Kier molecular flexibility index (Phi) is 3.39. The molecule has 8 atom stereocenters. The Bertz CT molecular complexity index is 717. The van der Waals surface area contributed by atoms with E-state index in [0.717, 1.165) is 0 Å². The summed E-state index contributed by atoms with van der Waals surface area (Å²) in [5.41, 5.74) is -3.01. The van der Waals surface area contributed by atoms with E-state index in [2.05, 4.69) is 6.58 Å². The number of aliphatic hydroxyl groups is 2. The summed E-state index contributed by atoms with van der Waals surface area (Å²) < 4.78 is 0. The van der Waals surface area contributed by atoms with Crippen LogP contribution in [0.4, 0.5) is 0 Å². The quantitative estimate of drug-likeness (QED) is 0.558. The van der Waals surface area contributed by atoms with Gasteiger partial charge in [0, 0.05) is 0 Å². The Balaban J connectivity index is 1.96. The second kappa shape index (κ2) is 4.90. The molecule has 8 unspecified atom stereocenters. The molecule has 4 fully saturated rings. The minimum atomic E-state index is -1.51. The van der Waals surface area contributed by atoms with E-state index in [4.69, 9.17) is 0 Å². The van der Waals surface area contributed by atoms with Gasteiger partial charge in [-0.15, -0.1) is 0 Å². The highest BCUT2D eigenvalue weighted by molar-refractivity contribution is 5.80. The lowest BCUT2D eigenvalue weighted by Crippen LogP contribution is -2.57. The van der Waals surface area contributed by atoms with E-state index in [0.29, 0.717) is 44.1 Å². The lowest BCUT2D eigenvalue weighted by atomic mass is 9.52. The number of carboxylic acid groups (broad SMARTS) is 2. The molecule has 144 valence electrons. The number of rotatable bonds is 2. The molecule has 0 aromatic carbocycles. The average Bonchev–Trinajstić information content (AvgIpc) is 2.88. The zero-order valence-electron chi connectivity index (χ0n) is 15.4. The van der Waals surface area contributed by atoms with Crippen molar-refractivity contribution in [3.63, 3.8) is 0 Å². The highest BCUT2D eigenvalue weighted by Gasteiger charge is 2.78. The first kappa shape index (κ1) is 18.0. The predicted molar refractivity (Wildman–Crippen MR) is 92.2 cm³/mol. The average molecular weight is 364 g/mol. The van der Waals surface area contributed by atoms with Gasteiger partial charge in [0.25, 0.3) is 0 Å². The molecule has 0 amide bonds. The van der Waals surface area contributed by atoms with Crippen molar-refractivity contribution in [3.8, 4) is 0 Å². The van der Waals surface area contributed by atoms with Crippen LogP contribution in [-0.4, -0.2) is 44.1 Å². The van der Waals surface area contributed by atoms with Gasteiger partial charge in [0.15, 0.2) is 0 Å². The van der Waals surface area contributed by atoms with Crippen LogP contribution < -0.4 is 0 Å². The SMILES string of the molecule is C=C1CC23CC1(O)CCC2C1(C)CCC(O)C(C)(C(=O)O)C1C3C(=O)O. The lowest BCUT2D eigenvalue weighted by molar-refractivity contribution is -0.181. The molecular weight excluding hydrogens is 336 g/mol. The monoisotopic (exact) mass is 364 g/mol. The molecule has 0 aromatic rings. The third kappa shape index (κ3) is 1.75. The zero-order chi connectivity index (χ0) is 19.3. The van der Waals surface area contributed by atoms with E-state index in [1.807, 2.05) is 6.92 Å². The first-order valence-corrected chi connectivity index (χ1v) is 9.48. The van der Waals surface area contributed by atoms with E-state index in [1.54, 1.807) is 0 Å². The fourth-order valence-corrected chi connectivity index (χ4v) is 7.81. The fraction of sp³-hybridized carbons (Fsp3) is 0.800. The van der Waals surface area contributed by atoms with E-state index in [9.17, 15) is 30.0 Å². The molecule has 0 heterocycles. The molecule has 6 nitrogen and oxygen atoms in total. The summed E-state index contributed by atoms with van der Waals surface area (Å²) in [5.74, 6) is -3.70. The van der Waals surface area contributed by atoms with Crippen LogP contribution in [0.3, 0.4) is 0 Å². The van der Waals surface area contributed by atoms with Gasteiger partial charge >= 0.3 is 11.9 Å². The van der Waals surface area contributed by atoms with E-state index < -0.39 is 51.7 Å². The topological polar surface area (TPSA) is 115 Å². The van der Waals surface area contributed by atoms with Gasteiger partial charge in [0.2, 0.25) is 0 Å². The summed E-state index contributed by atoms with van der Waals surface area (Å²) in [6.07, 6.45) is 1.92. The van der Waals surface area contributed by atoms with Crippen LogP contribution in [0.25, 0.3) is 0 Å². The Morgan fingerprint density at radius 2 is 1.81 bits per heavy atom. The molecule has 4 saturated carbocycles. The number of aliphatic hydroxyl groups excluding tert-OH is 1. The molecule has 0 aromatic heterocycles. The Morgan fingerprint density at radius 1 is 1.15 bits per heavy atom. The summed E-state index contributed by atoms with van der Waals surface area (Å²) in [6, 6.07) is 0. The maximum Gasteiger partial charge on any atom is 0.312 e. The highest BCUT2D eigenvalue weighted by atomic mass is 16.4. The minimum Gasteiger partial charge on any atom is -0.481 e. The number of carbonyl (C=O) groups is 2. The van der Waals surface area contributed by atoms with Crippen molar-refractivity contribution in [3.05, 3.63) is 12.2 Å². The molecule has 0 aliphatic heterocycles. The van der Waals surface area contributed by atoms with Crippen molar-refractivity contribution in [2.45, 2.75) is 64.1 Å². The number of hydrogen-bond acceptors (Lipinski definition) is 4. The van der Waals surface area contributed by atoms with Gasteiger partial charge in [0.1, 0.15) is 0 Å². The Hall–Kier alpha value is -1.40. The first-order chi connectivity index (χ1) is 11.9. The van der Waals surface area contributed by atoms with E-state index in [-0.39, 0.29) is 5.92 Å². The van der Waals surface area contributed by atoms with Crippen molar-refractivity contribution < 1.29 is 30.0 Å². The fourth-order valence-electron chi connectivity index (χ4n) is 7.81. The standard InChI is InChI=1S/C20H28O6/c1-10-8-19-9-20(10,26)7-4-11(19)17(2)6-5-12(21)18(3,16(24)25)14(17)13(19)15(22)23/h11-14,21,26H,1,4-9H2,2-3H3,(H,22,23)(H,24,25). The lowest BCUT2D eigenvalue weighted by Gasteiger charge is -2.52. The van der Waals surface area contributed by atoms with Gasteiger partial charge in [-0.1, -0.05) is 13.5 Å². The summed E-state index contributed by atoms with van der Waals surface area (Å²) in [6.45, 7) is 7.57. The van der Waals surface area contributed by atoms with Gasteiger partial charge in [-0.2, -0.15) is 0 Å². The Morgan fingerprint density at radius 3 is 2.38 bits per heavy atom. The molecule has 0 saturated heterocycles. The molecular formula is C20H28O6. The van der Waals surface area contributed by atoms with Crippen molar-refractivity contribution >= 4 is 11.9 Å². The number of hydrogen-bond donors (Lipinski definition) is 4.